The minimum Gasteiger partial charge on any atom is -0.352 e. The van der Waals surface area contributed by atoms with E-state index in [0.717, 1.165) is 17.5 Å². The molecule has 1 aliphatic rings. The van der Waals surface area contributed by atoms with Gasteiger partial charge in [0.25, 0.3) is 0 Å². The highest BCUT2D eigenvalue weighted by Gasteiger charge is 2.22. The lowest BCUT2D eigenvalue weighted by Gasteiger charge is -2.35. The third-order valence-corrected chi connectivity index (χ3v) is 5.33. The Labute approximate surface area is 175 Å². The van der Waals surface area contributed by atoms with Crippen LogP contribution in [0.25, 0.3) is 5.82 Å². The van der Waals surface area contributed by atoms with Gasteiger partial charge in [0.2, 0.25) is 5.91 Å². The Balaban J connectivity index is 1.28. The van der Waals surface area contributed by atoms with Gasteiger partial charge in [-0.2, -0.15) is 0 Å². The summed E-state index contributed by atoms with van der Waals surface area (Å²) in [7, 11) is 0. The number of imidazole rings is 1. The molecule has 0 radical (unpaired) electrons. The van der Waals surface area contributed by atoms with Crippen molar-refractivity contribution in [2.75, 3.05) is 31.1 Å². The van der Waals surface area contributed by atoms with Crippen LogP contribution in [0, 0.1) is 6.92 Å². The number of aromatic nitrogens is 4. The Morgan fingerprint density at radius 3 is 2.23 bits per heavy atom. The Morgan fingerprint density at radius 2 is 1.60 bits per heavy atom. The van der Waals surface area contributed by atoms with Gasteiger partial charge in [0.1, 0.15) is 5.82 Å². The molecule has 0 N–H and O–H groups in total. The molecule has 1 aliphatic heterocycles. The van der Waals surface area contributed by atoms with Crippen LogP contribution in [-0.4, -0.2) is 62.5 Å². The number of amides is 1. The summed E-state index contributed by atoms with van der Waals surface area (Å²) < 4.78 is 1.88. The lowest BCUT2D eigenvalue weighted by atomic mass is 10.1. The molecule has 0 aliphatic carbocycles. The zero-order valence-corrected chi connectivity index (χ0v) is 16.9. The summed E-state index contributed by atoms with van der Waals surface area (Å²) in [6.45, 7) is 4.52. The van der Waals surface area contributed by atoms with E-state index in [4.69, 9.17) is 0 Å². The quantitative estimate of drug-likeness (QED) is 0.586. The molecular formula is C22H24N6O2. The van der Waals surface area contributed by atoms with Crippen molar-refractivity contribution < 1.29 is 9.59 Å². The second-order valence-corrected chi connectivity index (χ2v) is 7.25. The molecule has 1 amide bonds. The lowest BCUT2D eigenvalue weighted by molar-refractivity contribution is -0.131. The highest BCUT2D eigenvalue weighted by atomic mass is 16.2. The van der Waals surface area contributed by atoms with E-state index in [-0.39, 0.29) is 24.5 Å². The Morgan fingerprint density at radius 1 is 0.900 bits per heavy atom. The van der Waals surface area contributed by atoms with E-state index in [2.05, 4.69) is 20.1 Å². The molecule has 0 unspecified atom stereocenters. The number of carbonyl (C=O) groups is 2. The molecule has 30 heavy (non-hydrogen) atoms. The molecule has 1 aromatic carbocycles. The second kappa shape index (κ2) is 8.86. The number of aryl methyl sites for hydroxylation is 1. The number of Topliss-reactive ketones (excluding diaryl/α,β-unsaturated/α-hetero) is 1. The largest absolute Gasteiger partial charge is 0.352 e. The fourth-order valence-corrected chi connectivity index (χ4v) is 3.57. The average molecular weight is 404 g/mol. The van der Waals surface area contributed by atoms with Crippen LogP contribution >= 0.6 is 0 Å². The maximum atomic E-state index is 12.5. The number of rotatable bonds is 6. The maximum absolute atomic E-state index is 12.5. The van der Waals surface area contributed by atoms with Crippen molar-refractivity contribution in [3.05, 3.63) is 66.2 Å². The molecule has 3 heterocycles. The van der Waals surface area contributed by atoms with Crippen LogP contribution < -0.4 is 4.90 Å². The van der Waals surface area contributed by atoms with Crippen LogP contribution in [0.5, 0.6) is 0 Å². The molecule has 8 nitrogen and oxygen atoms in total. The van der Waals surface area contributed by atoms with Crippen molar-refractivity contribution >= 4 is 17.5 Å². The number of anilines is 1. The standard InChI is InChI=1S/C22H24N6O2/c1-17-23-11-12-28(17)21-9-8-20(24-25-21)26-13-15-27(16-14-26)22(30)10-7-19(29)18-5-3-2-4-6-18/h2-6,8-9,11-12H,7,10,13-16H2,1H3. The first-order chi connectivity index (χ1) is 14.6. The Kier molecular flexibility index (Phi) is 5.83. The van der Waals surface area contributed by atoms with Crippen LogP contribution in [0.1, 0.15) is 29.0 Å². The van der Waals surface area contributed by atoms with Crippen molar-refractivity contribution in [2.24, 2.45) is 0 Å². The highest BCUT2D eigenvalue weighted by Crippen LogP contribution is 2.16. The summed E-state index contributed by atoms with van der Waals surface area (Å²) in [5.74, 6) is 2.41. The van der Waals surface area contributed by atoms with Gasteiger partial charge < -0.3 is 9.80 Å². The summed E-state index contributed by atoms with van der Waals surface area (Å²) in [6.07, 6.45) is 4.07. The first kappa shape index (κ1) is 19.8. The van der Waals surface area contributed by atoms with E-state index >= 15 is 0 Å². The normalized spacial score (nSPS) is 14.0. The summed E-state index contributed by atoms with van der Waals surface area (Å²) in [6, 6.07) is 13.0. The SMILES string of the molecule is Cc1nccn1-c1ccc(N2CCN(C(=O)CCC(=O)c3ccccc3)CC2)nn1. The predicted octanol–water partition coefficient (Wildman–Crippen LogP) is 2.28. The van der Waals surface area contributed by atoms with Crippen LogP contribution in [-0.2, 0) is 4.79 Å². The van der Waals surface area contributed by atoms with Gasteiger partial charge in [0, 0.05) is 57.0 Å². The predicted molar refractivity (Wildman–Crippen MR) is 113 cm³/mol. The molecule has 4 rings (SSSR count). The molecule has 0 atom stereocenters. The number of carbonyl (C=O) groups excluding carboxylic acids is 2. The summed E-state index contributed by atoms with van der Waals surface area (Å²) >= 11 is 0. The minimum absolute atomic E-state index is 0.00563. The third kappa shape index (κ3) is 4.37. The monoisotopic (exact) mass is 404 g/mol. The van der Waals surface area contributed by atoms with E-state index in [9.17, 15) is 9.59 Å². The smallest absolute Gasteiger partial charge is 0.223 e. The topological polar surface area (TPSA) is 84.2 Å². The second-order valence-electron chi connectivity index (χ2n) is 7.25. The fourth-order valence-electron chi connectivity index (χ4n) is 3.57. The molecule has 0 spiro atoms. The number of ketones is 1. The molecule has 1 saturated heterocycles. The van der Waals surface area contributed by atoms with Crippen LogP contribution in [0.15, 0.2) is 54.9 Å². The summed E-state index contributed by atoms with van der Waals surface area (Å²) in [5, 5.41) is 8.64. The minimum atomic E-state index is 0.00563. The molecular weight excluding hydrogens is 380 g/mol. The van der Waals surface area contributed by atoms with E-state index in [1.807, 2.05) is 52.9 Å². The molecule has 0 saturated carbocycles. The van der Waals surface area contributed by atoms with Gasteiger partial charge in [-0.25, -0.2) is 4.98 Å². The number of piperazine rings is 1. The van der Waals surface area contributed by atoms with Gasteiger partial charge in [0.15, 0.2) is 17.4 Å². The maximum Gasteiger partial charge on any atom is 0.223 e. The number of hydrogen-bond donors (Lipinski definition) is 0. The molecule has 154 valence electrons. The summed E-state index contributed by atoms with van der Waals surface area (Å²) in [4.78, 5) is 32.9. The van der Waals surface area contributed by atoms with Crippen LogP contribution in [0.3, 0.4) is 0 Å². The first-order valence-electron chi connectivity index (χ1n) is 10.1. The van der Waals surface area contributed by atoms with Crippen molar-refractivity contribution in [2.45, 2.75) is 19.8 Å². The van der Waals surface area contributed by atoms with Gasteiger partial charge in [-0.3, -0.25) is 14.2 Å². The van der Waals surface area contributed by atoms with Crippen molar-refractivity contribution in [3.8, 4) is 5.82 Å². The molecule has 2 aromatic heterocycles. The molecule has 1 fully saturated rings. The van der Waals surface area contributed by atoms with E-state index in [1.54, 1.807) is 18.3 Å². The summed E-state index contributed by atoms with van der Waals surface area (Å²) in [5.41, 5.74) is 0.656. The number of nitrogens with zero attached hydrogens (tertiary/aromatic N) is 6. The highest BCUT2D eigenvalue weighted by molar-refractivity contribution is 5.97. The van der Waals surface area contributed by atoms with Crippen LogP contribution in [0.4, 0.5) is 5.82 Å². The van der Waals surface area contributed by atoms with E-state index in [0.29, 0.717) is 31.7 Å². The zero-order valence-electron chi connectivity index (χ0n) is 16.9. The average Bonchev–Trinajstić information content (AvgIpc) is 3.24. The van der Waals surface area contributed by atoms with Crippen molar-refractivity contribution in [3.63, 3.8) is 0 Å². The fraction of sp³-hybridized carbons (Fsp3) is 0.318. The lowest BCUT2D eigenvalue weighted by Crippen LogP contribution is -2.49. The first-order valence-corrected chi connectivity index (χ1v) is 10.1. The van der Waals surface area contributed by atoms with Gasteiger partial charge in [0.05, 0.1) is 0 Å². The molecule has 3 aromatic rings. The molecule has 8 heteroatoms. The van der Waals surface area contributed by atoms with Gasteiger partial charge >= 0.3 is 0 Å². The van der Waals surface area contributed by atoms with E-state index < -0.39 is 0 Å². The molecule has 0 bridgehead atoms. The van der Waals surface area contributed by atoms with E-state index in [1.165, 1.54) is 0 Å². The van der Waals surface area contributed by atoms with Crippen molar-refractivity contribution in [1.29, 1.82) is 0 Å². The van der Waals surface area contributed by atoms with Crippen molar-refractivity contribution in [1.82, 2.24) is 24.6 Å². The number of benzene rings is 1. The number of hydrogen-bond acceptors (Lipinski definition) is 6. The van der Waals surface area contributed by atoms with Crippen LogP contribution in [0.2, 0.25) is 0 Å². The Hall–Kier alpha value is -3.55. The van der Waals surface area contributed by atoms with Gasteiger partial charge in [-0.05, 0) is 19.1 Å². The Bertz CT molecular complexity index is 1010. The van der Waals surface area contributed by atoms with Gasteiger partial charge in [-0.15, -0.1) is 10.2 Å². The third-order valence-electron chi connectivity index (χ3n) is 5.33. The zero-order chi connectivity index (χ0) is 20.9. The van der Waals surface area contributed by atoms with Gasteiger partial charge in [-0.1, -0.05) is 30.3 Å².